The van der Waals surface area contributed by atoms with Gasteiger partial charge in [0.1, 0.15) is 7.11 Å². The van der Waals surface area contributed by atoms with Crippen molar-refractivity contribution >= 4 is 0 Å². The summed E-state index contributed by atoms with van der Waals surface area (Å²) in [5.74, 6) is 1.23. The molecular formula is C7H14O. The Morgan fingerprint density at radius 3 is 2.00 bits per heavy atom. The molecule has 0 aromatic rings. The summed E-state index contributed by atoms with van der Waals surface area (Å²) in [5, 5.41) is 0. The van der Waals surface area contributed by atoms with E-state index in [0.717, 1.165) is 0 Å². The molecule has 0 saturated carbocycles. The van der Waals surface area contributed by atoms with Crippen molar-refractivity contribution in [3.63, 3.8) is 0 Å². The van der Waals surface area contributed by atoms with Crippen molar-refractivity contribution in [3.05, 3.63) is 7.11 Å². The van der Waals surface area contributed by atoms with Crippen LogP contribution in [0.4, 0.5) is 0 Å². The summed E-state index contributed by atoms with van der Waals surface area (Å²) in [7, 11) is 4.87. The first-order valence-electron chi connectivity index (χ1n) is 3.00. The normalized spacial score (nSPS) is 14.6. The van der Waals surface area contributed by atoms with E-state index < -0.39 is 0 Å². The summed E-state index contributed by atoms with van der Waals surface area (Å²) in [4.78, 5) is 0. The smallest absolute Gasteiger partial charge is 0.115 e. The molecule has 0 saturated heterocycles. The first kappa shape index (κ1) is 7.96. The van der Waals surface area contributed by atoms with E-state index in [1.807, 2.05) is 0 Å². The van der Waals surface area contributed by atoms with Crippen LogP contribution in [0, 0.1) is 18.9 Å². The van der Waals surface area contributed by atoms with Gasteiger partial charge in [0, 0.05) is 0 Å². The van der Waals surface area contributed by atoms with E-state index in [9.17, 15) is 0 Å². The molecule has 0 aliphatic rings. The van der Waals surface area contributed by atoms with Gasteiger partial charge in [-0.3, -0.25) is 0 Å². The SMILES string of the molecule is [CH]OCC(C)C(C)C. The summed E-state index contributed by atoms with van der Waals surface area (Å²) >= 11 is 0. The maximum atomic E-state index is 4.87. The molecule has 0 aliphatic heterocycles. The lowest BCUT2D eigenvalue weighted by molar-refractivity contribution is 0.170. The first-order chi connectivity index (χ1) is 3.68. The van der Waals surface area contributed by atoms with Gasteiger partial charge >= 0.3 is 0 Å². The van der Waals surface area contributed by atoms with Crippen LogP contribution in [0.5, 0.6) is 0 Å². The van der Waals surface area contributed by atoms with Crippen molar-refractivity contribution in [2.24, 2.45) is 11.8 Å². The van der Waals surface area contributed by atoms with E-state index in [0.29, 0.717) is 18.4 Å². The maximum Gasteiger partial charge on any atom is 0.115 e. The fraction of sp³-hybridized carbons (Fsp3) is 0.857. The highest BCUT2D eigenvalue weighted by molar-refractivity contribution is 4.54. The van der Waals surface area contributed by atoms with E-state index in [1.54, 1.807) is 0 Å². The number of rotatable bonds is 3. The quantitative estimate of drug-likeness (QED) is 0.545. The molecule has 8 heavy (non-hydrogen) atoms. The van der Waals surface area contributed by atoms with Gasteiger partial charge in [-0.1, -0.05) is 20.8 Å². The van der Waals surface area contributed by atoms with Crippen molar-refractivity contribution in [2.75, 3.05) is 6.61 Å². The zero-order valence-corrected chi connectivity index (χ0v) is 5.85. The van der Waals surface area contributed by atoms with Crippen LogP contribution in [0.2, 0.25) is 0 Å². The van der Waals surface area contributed by atoms with E-state index in [1.165, 1.54) is 0 Å². The van der Waals surface area contributed by atoms with Gasteiger partial charge in [0.25, 0.3) is 0 Å². The van der Waals surface area contributed by atoms with Crippen molar-refractivity contribution in [3.8, 4) is 0 Å². The van der Waals surface area contributed by atoms with Gasteiger partial charge in [0.05, 0.1) is 6.61 Å². The topological polar surface area (TPSA) is 9.23 Å². The fourth-order valence-electron chi connectivity index (χ4n) is 0.344. The zero-order chi connectivity index (χ0) is 6.57. The molecule has 1 nitrogen and oxygen atoms in total. The van der Waals surface area contributed by atoms with Gasteiger partial charge in [-0.05, 0) is 11.8 Å². The Labute approximate surface area is 52.0 Å². The second-order valence-electron chi connectivity index (χ2n) is 2.55. The molecule has 0 aromatic heterocycles. The van der Waals surface area contributed by atoms with Crippen LogP contribution in [0.25, 0.3) is 0 Å². The summed E-state index contributed by atoms with van der Waals surface area (Å²) in [6.45, 7) is 7.10. The van der Waals surface area contributed by atoms with Gasteiger partial charge in [0.15, 0.2) is 0 Å². The predicted octanol–water partition coefficient (Wildman–Crippen LogP) is 1.96. The highest BCUT2D eigenvalue weighted by Gasteiger charge is 2.04. The molecule has 0 amide bonds. The van der Waals surface area contributed by atoms with E-state index in [-0.39, 0.29) is 0 Å². The average Bonchev–Trinajstić information content (AvgIpc) is 1.67. The molecule has 0 heterocycles. The highest BCUT2D eigenvalue weighted by Crippen LogP contribution is 2.08. The third-order valence-electron chi connectivity index (χ3n) is 1.50. The molecule has 48 valence electrons. The van der Waals surface area contributed by atoms with Crippen molar-refractivity contribution < 1.29 is 4.74 Å². The molecule has 2 radical (unpaired) electrons. The second kappa shape index (κ2) is 3.90. The molecule has 0 N–H and O–H groups in total. The van der Waals surface area contributed by atoms with Crippen LogP contribution in [-0.2, 0) is 4.74 Å². The Kier molecular flexibility index (Phi) is 3.88. The standard InChI is InChI=1S/C7H14O/c1-6(2)7(3)5-8-4/h4,6-7H,5H2,1-3H3. The maximum absolute atomic E-state index is 4.87. The van der Waals surface area contributed by atoms with Crippen LogP contribution in [-0.4, -0.2) is 6.61 Å². The van der Waals surface area contributed by atoms with Gasteiger partial charge in [0.2, 0.25) is 0 Å². The van der Waals surface area contributed by atoms with Crippen LogP contribution in [0.15, 0.2) is 0 Å². The lowest BCUT2D eigenvalue weighted by Crippen LogP contribution is -2.09. The summed E-state index contributed by atoms with van der Waals surface area (Å²) in [5.41, 5.74) is 0. The van der Waals surface area contributed by atoms with Gasteiger partial charge in [-0.25, -0.2) is 0 Å². The Bertz CT molecular complexity index is 50.3. The summed E-state index contributed by atoms with van der Waals surface area (Å²) < 4.78 is 4.46. The van der Waals surface area contributed by atoms with Gasteiger partial charge in [-0.2, -0.15) is 0 Å². The number of hydrogen-bond acceptors (Lipinski definition) is 1. The fourth-order valence-corrected chi connectivity index (χ4v) is 0.344. The molecule has 0 bridgehead atoms. The molecule has 0 rings (SSSR count). The Hall–Kier alpha value is -0.0400. The molecule has 0 aromatic carbocycles. The zero-order valence-electron chi connectivity index (χ0n) is 5.85. The Morgan fingerprint density at radius 2 is 1.88 bits per heavy atom. The van der Waals surface area contributed by atoms with Crippen LogP contribution in [0.3, 0.4) is 0 Å². The number of ether oxygens (including phenoxy) is 1. The highest BCUT2D eigenvalue weighted by atomic mass is 16.5. The third-order valence-corrected chi connectivity index (χ3v) is 1.50. The molecule has 1 heteroatoms. The molecule has 1 atom stereocenters. The minimum atomic E-state index is 0.569. The van der Waals surface area contributed by atoms with Crippen molar-refractivity contribution in [1.82, 2.24) is 0 Å². The van der Waals surface area contributed by atoms with Gasteiger partial charge < -0.3 is 4.74 Å². The lowest BCUT2D eigenvalue weighted by Gasteiger charge is -2.12. The monoisotopic (exact) mass is 114 g/mol. The van der Waals surface area contributed by atoms with Crippen molar-refractivity contribution in [2.45, 2.75) is 20.8 Å². The second-order valence-corrected chi connectivity index (χ2v) is 2.55. The van der Waals surface area contributed by atoms with Crippen LogP contribution >= 0.6 is 0 Å². The van der Waals surface area contributed by atoms with Crippen molar-refractivity contribution in [1.29, 1.82) is 0 Å². The minimum absolute atomic E-state index is 0.569. The molecule has 0 aliphatic carbocycles. The van der Waals surface area contributed by atoms with Crippen LogP contribution < -0.4 is 0 Å². The molecule has 0 spiro atoms. The molecule has 0 fully saturated rings. The van der Waals surface area contributed by atoms with E-state index in [4.69, 9.17) is 7.11 Å². The predicted molar refractivity (Wildman–Crippen MR) is 34.3 cm³/mol. The molecule has 1 unspecified atom stereocenters. The van der Waals surface area contributed by atoms with Crippen LogP contribution in [0.1, 0.15) is 20.8 Å². The minimum Gasteiger partial charge on any atom is -0.372 e. The first-order valence-corrected chi connectivity index (χ1v) is 3.00. The molecular weight excluding hydrogens is 100 g/mol. The Morgan fingerprint density at radius 1 is 1.38 bits per heavy atom. The van der Waals surface area contributed by atoms with E-state index in [2.05, 4.69) is 25.5 Å². The van der Waals surface area contributed by atoms with Gasteiger partial charge in [-0.15, -0.1) is 0 Å². The lowest BCUT2D eigenvalue weighted by atomic mass is 10.00. The largest absolute Gasteiger partial charge is 0.372 e. The average molecular weight is 114 g/mol. The summed E-state index contributed by atoms with van der Waals surface area (Å²) in [6, 6.07) is 0. The summed E-state index contributed by atoms with van der Waals surface area (Å²) in [6.07, 6.45) is 0. The third kappa shape index (κ3) is 3.03. The number of hydrogen-bond donors (Lipinski definition) is 0. The van der Waals surface area contributed by atoms with E-state index >= 15 is 0 Å². The Balaban J connectivity index is 3.17.